The first-order chi connectivity index (χ1) is 8.69. The van der Waals surface area contributed by atoms with Crippen LogP contribution in [0.3, 0.4) is 0 Å². The molecule has 1 fully saturated rings. The van der Waals surface area contributed by atoms with Crippen LogP contribution in [0, 0.1) is 0 Å². The molecule has 1 atom stereocenters. The fourth-order valence-corrected chi connectivity index (χ4v) is 2.14. The molecule has 19 heavy (non-hydrogen) atoms. The molecule has 0 aliphatic carbocycles. The average Bonchev–Trinajstić information content (AvgIpc) is 2.26. The molecule has 0 saturated carbocycles. The van der Waals surface area contributed by atoms with Gasteiger partial charge in [-0.2, -0.15) is 0 Å². The lowest BCUT2D eigenvalue weighted by Gasteiger charge is -2.37. The molecule has 1 aliphatic heterocycles. The van der Waals surface area contributed by atoms with Crippen LogP contribution in [0.25, 0.3) is 0 Å². The maximum atomic E-state index is 12.1. The quantitative estimate of drug-likeness (QED) is 0.752. The summed E-state index contributed by atoms with van der Waals surface area (Å²) in [5.41, 5.74) is -0.226. The zero-order valence-corrected chi connectivity index (χ0v) is 12.3. The molecule has 0 aromatic heterocycles. The molecule has 2 N–H and O–H groups in total. The molecular weight excluding hydrogens is 246 g/mol. The summed E-state index contributed by atoms with van der Waals surface area (Å²) in [5, 5.41) is 11.7. The highest BCUT2D eigenvalue weighted by atomic mass is 16.4. The number of carbonyl (C=O) groups excluding carboxylic acids is 1. The first kappa shape index (κ1) is 15.9. The van der Waals surface area contributed by atoms with Crippen molar-refractivity contribution in [3.63, 3.8) is 0 Å². The van der Waals surface area contributed by atoms with E-state index in [1.807, 2.05) is 32.6 Å². The van der Waals surface area contributed by atoms with E-state index >= 15 is 0 Å². The van der Waals surface area contributed by atoms with Crippen molar-refractivity contribution in [2.24, 2.45) is 0 Å². The molecule has 0 bridgehead atoms. The van der Waals surface area contributed by atoms with Gasteiger partial charge in [0.15, 0.2) is 0 Å². The summed E-state index contributed by atoms with van der Waals surface area (Å²) in [5.74, 6) is -0.772. The number of carboxylic acid groups (broad SMARTS) is 1. The van der Waals surface area contributed by atoms with Crippen molar-refractivity contribution < 1.29 is 14.7 Å². The molecule has 1 rings (SSSR count). The van der Waals surface area contributed by atoms with Crippen LogP contribution in [0.5, 0.6) is 0 Å². The summed E-state index contributed by atoms with van der Waals surface area (Å²) in [6, 6.07) is -0.175. The number of amides is 1. The van der Waals surface area contributed by atoms with Gasteiger partial charge in [0.25, 0.3) is 0 Å². The van der Waals surface area contributed by atoms with Gasteiger partial charge in [-0.15, -0.1) is 0 Å². The van der Waals surface area contributed by atoms with E-state index in [2.05, 4.69) is 10.2 Å². The number of aliphatic carboxylic acids is 1. The third kappa shape index (κ3) is 5.57. The molecule has 0 aromatic carbocycles. The molecule has 0 radical (unpaired) electrons. The summed E-state index contributed by atoms with van der Waals surface area (Å²) in [6.45, 7) is 10.7. The smallest absolute Gasteiger partial charge is 0.317 e. The van der Waals surface area contributed by atoms with Crippen LogP contribution in [0.1, 0.15) is 27.7 Å². The summed E-state index contributed by atoms with van der Waals surface area (Å²) in [4.78, 5) is 26.7. The summed E-state index contributed by atoms with van der Waals surface area (Å²) in [6.07, 6.45) is 0. The normalized spacial score (nSPS) is 20.0. The van der Waals surface area contributed by atoms with Gasteiger partial charge in [-0.3, -0.25) is 19.4 Å². The maximum Gasteiger partial charge on any atom is 0.317 e. The number of carbonyl (C=O) groups is 2. The molecule has 1 heterocycles. The fourth-order valence-electron chi connectivity index (χ4n) is 2.14. The summed E-state index contributed by atoms with van der Waals surface area (Å²) in [7, 11) is 0. The van der Waals surface area contributed by atoms with E-state index in [4.69, 9.17) is 5.11 Å². The Morgan fingerprint density at radius 3 is 2.16 bits per heavy atom. The number of nitrogens with zero attached hydrogens (tertiary/aromatic N) is 2. The molecule has 1 unspecified atom stereocenters. The van der Waals surface area contributed by atoms with E-state index in [0.717, 1.165) is 13.1 Å². The second kappa shape index (κ2) is 6.34. The second-order valence-electron chi connectivity index (χ2n) is 6.12. The van der Waals surface area contributed by atoms with Crippen LogP contribution < -0.4 is 5.32 Å². The Labute approximate surface area is 114 Å². The molecule has 110 valence electrons. The van der Waals surface area contributed by atoms with Crippen molar-refractivity contribution in [3.8, 4) is 0 Å². The number of carboxylic acids is 1. The first-order valence-corrected chi connectivity index (χ1v) is 6.69. The Morgan fingerprint density at radius 2 is 1.74 bits per heavy atom. The second-order valence-corrected chi connectivity index (χ2v) is 6.12. The molecule has 6 heteroatoms. The van der Waals surface area contributed by atoms with Crippen molar-refractivity contribution in [3.05, 3.63) is 0 Å². The lowest BCUT2D eigenvalue weighted by molar-refractivity contribution is -0.139. The Bertz CT molecular complexity index is 331. The molecule has 1 saturated heterocycles. The van der Waals surface area contributed by atoms with Gasteiger partial charge in [0.1, 0.15) is 0 Å². The first-order valence-electron chi connectivity index (χ1n) is 6.69. The third-order valence-electron chi connectivity index (χ3n) is 3.19. The van der Waals surface area contributed by atoms with Crippen LogP contribution in [0.15, 0.2) is 0 Å². The van der Waals surface area contributed by atoms with Crippen LogP contribution in [0.4, 0.5) is 0 Å². The highest BCUT2D eigenvalue weighted by Gasteiger charge is 2.27. The number of hydrogen-bond acceptors (Lipinski definition) is 4. The predicted octanol–water partition coefficient (Wildman–Crippen LogP) is -0.00820. The van der Waals surface area contributed by atoms with Gasteiger partial charge in [-0.1, -0.05) is 0 Å². The van der Waals surface area contributed by atoms with Gasteiger partial charge in [0.05, 0.1) is 12.6 Å². The minimum Gasteiger partial charge on any atom is -0.480 e. The predicted molar refractivity (Wildman–Crippen MR) is 73.0 cm³/mol. The van der Waals surface area contributed by atoms with Crippen molar-refractivity contribution in [1.29, 1.82) is 0 Å². The van der Waals surface area contributed by atoms with Gasteiger partial charge in [-0.05, 0) is 27.7 Å². The van der Waals surface area contributed by atoms with E-state index in [-0.39, 0.29) is 24.0 Å². The number of nitrogens with one attached hydrogen (secondary N) is 1. The Kier molecular flexibility index (Phi) is 5.31. The van der Waals surface area contributed by atoms with Gasteiger partial charge >= 0.3 is 5.97 Å². The Hall–Kier alpha value is -1.14. The summed E-state index contributed by atoms with van der Waals surface area (Å²) >= 11 is 0. The van der Waals surface area contributed by atoms with Crippen LogP contribution in [-0.4, -0.2) is 71.1 Å². The van der Waals surface area contributed by atoms with E-state index in [9.17, 15) is 9.59 Å². The van der Waals surface area contributed by atoms with Crippen molar-refractivity contribution in [1.82, 2.24) is 15.1 Å². The fraction of sp³-hybridized carbons (Fsp3) is 0.846. The molecule has 0 aromatic rings. The average molecular weight is 271 g/mol. The van der Waals surface area contributed by atoms with Crippen molar-refractivity contribution in [2.75, 3.05) is 32.7 Å². The van der Waals surface area contributed by atoms with Gasteiger partial charge < -0.3 is 10.4 Å². The minimum absolute atomic E-state index is 0.0270. The van der Waals surface area contributed by atoms with E-state index in [0.29, 0.717) is 13.1 Å². The Balaban J connectivity index is 2.42. The van der Waals surface area contributed by atoms with Gasteiger partial charge in [0.2, 0.25) is 5.91 Å². The zero-order valence-electron chi connectivity index (χ0n) is 12.3. The van der Waals surface area contributed by atoms with E-state index < -0.39 is 5.97 Å². The SMILES string of the molecule is CC(C(=O)NC(C)(C)C)N1CCN(CC(=O)O)CC1. The van der Waals surface area contributed by atoms with Crippen LogP contribution in [-0.2, 0) is 9.59 Å². The lowest BCUT2D eigenvalue weighted by atomic mass is 10.1. The molecule has 1 amide bonds. The molecule has 6 nitrogen and oxygen atoms in total. The minimum atomic E-state index is -0.799. The van der Waals surface area contributed by atoms with Crippen molar-refractivity contribution in [2.45, 2.75) is 39.3 Å². The highest BCUT2D eigenvalue weighted by molar-refractivity contribution is 5.82. The molecular formula is C13H25N3O3. The lowest BCUT2D eigenvalue weighted by Crippen LogP contribution is -2.56. The standard InChI is InChI=1S/C13H25N3O3/c1-10(12(19)14-13(2,3)4)16-7-5-15(6-8-16)9-11(17)18/h10H,5-9H2,1-4H3,(H,14,19)(H,17,18). The zero-order chi connectivity index (χ0) is 14.6. The third-order valence-corrected chi connectivity index (χ3v) is 3.19. The van der Waals surface area contributed by atoms with Crippen LogP contribution in [0.2, 0.25) is 0 Å². The van der Waals surface area contributed by atoms with Gasteiger partial charge in [-0.25, -0.2) is 0 Å². The van der Waals surface area contributed by atoms with E-state index in [1.165, 1.54) is 0 Å². The number of hydrogen-bond donors (Lipinski definition) is 2. The Morgan fingerprint density at radius 1 is 1.21 bits per heavy atom. The highest BCUT2D eigenvalue weighted by Crippen LogP contribution is 2.08. The van der Waals surface area contributed by atoms with E-state index in [1.54, 1.807) is 0 Å². The topological polar surface area (TPSA) is 72.9 Å². The number of rotatable bonds is 4. The van der Waals surface area contributed by atoms with Crippen LogP contribution >= 0.6 is 0 Å². The molecule has 1 aliphatic rings. The van der Waals surface area contributed by atoms with Crippen molar-refractivity contribution >= 4 is 11.9 Å². The number of piperazine rings is 1. The van der Waals surface area contributed by atoms with Gasteiger partial charge in [0, 0.05) is 31.7 Å². The summed E-state index contributed by atoms with van der Waals surface area (Å²) < 4.78 is 0. The largest absolute Gasteiger partial charge is 0.480 e. The maximum absolute atomic E-state index is 12.1. The monoisotopic (exact) mass is 271 g/mol. The molecule has 0 spiro atoms.